The fraction of sp³-hybridized carbons (Fsp3) is 0.793. The molecule has 13 heteroatoms. The highest BCUT2D eigenvalue weighted by Crippen LogP contribution is 2.45. The quantitative estimate of drug-likeness (QED) is 0.346. The van der Waals surface area contributed by atoms with Gasteiger partial charge in [-0.2, -0.15) is 4.31 Å². The fourth-order valence-electron chi connectivity index (χ4n) is 6.22. The molecule has 0 radical (unpaired) electrons. The van der Waals surface area contributed by atoms with Crippen LogP contribution in [0.25, 0.3) is 0 Å². The molecule has 12 nitrogen and oxygen atoms in total. The predicted molar refractivity (Wildman–Crippen MR) is 157 cm³/mol. The van der Waals surface area contributed by atoms with E-state index in [9.17, 15) is 32.7 Å². The molecule has 4 amide bonds. The molecule has 2 saturated heterocycles. The summed E-state index contributed by atoms with van der Waals surface area (Å²) in [5, 5.41) is 18.4. The molecule has 3 aliphatic heterocycles. The van der Waals surface area contributed by atoms with Crippen molar-refractivity contribution in [3.8, 4) is 0 Å². The number of urea groups is 1. The fourth-order valence-corrected chi connectivity index (χ4v) is 7.83. The maximum Gasteiger partial charge on any atom is 0.330 e. The van der Waals surface area contributed by atoms with E-state index in [1.807, 2.05) is 32.9 Å². The minimum Gasteiger partial charge on any atom is -0.479 e. The van der Waals surface area contributed by atoms with Gasteiger partial charge in [0.15, 0.2) is 0 Å². The van der Waals surface area contributed by atoms with Crippen LogP contribution in [0, 0.1) is 11.3 Å². The predicted octanol–water partition coefficient (Wildman–Crippen LogP) is 1.97. The van der Waals surface area contributed by atoms with Crippen LogP contribution >= 0.6 is 0 Å². The number of carbonyl (C=O) groups is 4. The number of hydrogen-bond acceptors (Lipinski definition) is 6. The number of rotatable bonds is 5. The van der Waals surface area contributed by atoms with Crippen molar-refractivity contribution in [2.45, 2.75) is 109 Å². The monoisotopic (exact) mass is 609 g/mol. The third-order valence-corrected chi connectivity index (χ3v) is 11.0. The number of nitrogens with one attached hydrogen (secondary N) is 3. The number of nitrogens with zero attached hydrogens (tertiary/aromatic N) is 2. The minimum absolute atomic E-state index is 0.0985. The summed E-state index contributed by atoms with van der Waals surface area (Å²) in [6.45, 7) is 6.69. The van der Waals surface area contributed by atoms with E-state index in [0.29, 0.717) is 51.6 Å². The lowest BCUT2D eigenvalue weighted by molar-refractivity contribution is -0.145. The summed E-state index contributed by atoms with van der Waals surface area (Å²) in [7, 11) is -3.39. The summed E-state index contributed by atoms with van der Waals surface area (Å²) in [4.78, 5) is 54.0. The minimum atomic E-state index is -3.39. The van der Waals surface area contributed by atoms with Gasteiger partial charge in [-0.3, -0.25) is 9.59 Å². The Bertz CT molecular complexity index is 1180. The second-order valence-corrected chi connectivity index (χ2v) is 15.4. The average molecular weight is 610 g/mol. The molecule has 42 heavy (non-hydrogen) atoms. The molecule has 0 aromatic carbocycles. The number of amides is 4. The average Bonchev–Trinajstić information content (AvgIpc) is 3.37. The van der Waals surface area contributed by atoms with Gasteiger partial charge in [0.2, 0.25) is 21.8 Å². The number of carboxylic acids is 1. The number of aliphatic carboxylic acids is 1. The first kappa shape index (κ1) is 32.2. The highest BCUT2D eigenvalue weighted by molar-refractivity contribution is 7.89. The molecule has 0 spiro atoms. The molecule has 0 aromatic rings. The maximum absolute atomic E-state index is 13.8. The molecule has 3 fully saturated rings. The van der Waals surface area contributed by atoms with E-state index < -0.39 is 57.0 Å². The van der Waals surface area contributed by atoms with Crippen molar-refractivity contribution >= 4 is 33.8 Å². The van der Waals surface area contributed by atoms with E-state index in [4.69, 9.17) is 0 Å². The van der Waals surface area contributed by atoms with Crippen LogP contribution < -0.4 is 16.0 Å². The van der Waals surface area contributed by atoms with E-state index in [2.05, 4.69) is 16.0 Å². The number of allylic oxidation sites excluding steroid dienone is 1. The molecule has 1 saturated carbocycles. The van der Waals surface area contributed by atoms with Crippen LogP contribution in [-0.2, 0) is 24.4 Å². The lowest BCUT2D eigenvalue weighted by atomic mass is 9.86. The summed E-state index contributed by atoms with van der Waals surface area (Å²) in [5.74, 6) is -2.09. The third kappa shape index (κ3) is 7.45. The maximum atomic E-state index is 13.8. The van der Waals surface area contributed by atoms with Crippen molar-refractivity contribution in [2.24, 2.45) is 11.3 Å². The molecule has 1 aliphatic carbocycles. The second-order valence-electron chi connectivity index (χ2n) is 13.3. The second kappa shape index (κ2) is 12.9. The van der Waals surface area contributed by atoms with Crippen molar-refractivity contribution in [3.05, 3.63) is 12.2 Å². The summed E-state index contributed by atoms with van der Waals surface area (Å²) < 4.78 is 26.7. The van der Waals surface area contributed by atoms with Crippen LogP contribution in [0.1, 0.15) is 85.0 Å². The lowest BCUT2D eigenvalue weighted by Crippen LogP contribution is -2.59. The Balaban J connectivity index is 1.49. The Morgan fingerprint density at radius 3 is 2.55 bits per heavy atom. The molecule has 3 heterocycles. The highest BCUT2D eigenvalue weighted by Gasteiger charge is 2.61. The van der Waals surface area contributed by atoms with Crippen molar-refractivity contribution in [1.29, 1.82) is 0 Å². The Kier molecular flexibility index (Phi) is 9.91. The van der Waals surface area contributed by atoms with Gasteiger partial charge in [-0.05, 0) is 56.8 Å². The summed E-state index contributed by atoms with van der Waals surface area (Å²) in [6.07, 6.45) is 10.1. The van der Waals surface area contributed by atoms with Crippen molar-refractivity contribution in [2.75, 3.05) is 25.4 Å². The molecule has 236 valence electrons. The standard InChI is InChI=1S/C29H47N5O7S/c1-28(2,3)23(19-33-15-9-10-17-42(33,40)41)31-27(39)30-21-13-8-6-4-5-7-12-20-18-29(20,26(37)38)32-24(35)22-14-11-16-34(22)25(21)36/h7,12,20-23H,4-6,8-11,13-19H2,1-3H3,(H,32,35)(H,37,38)(H2,30,31,39)/b12-7-/t20?,21-,22-,23?,29+/m0/s1. The molecule has 4 rings (SSSR count). The number of sulfonamides is 1. The molecule has 5 atom stereocenters. The molecular formula is C29H47N5O7S. The van der Waals surface area contributed by atoms with Crippen LogP contribution in [0.5, 0.6) is 0 Å². The Hall–Kier alpha value is -2.67. The van der Waals surface area contributed by atoms with E-state index in [0.717, 1.165) is 25.7 Å². The number of hydrogen-bond donors (Lipinski definition) is 4. The number of fused-ring (bicyclic) bond motifs is 2. The molecule has 2 unspecified atom stereocenters. The zero-order valence-electron chi connectivity index (χ0n) is 25.1. The van der Waals surface area contributed by atoms with Crippen molar-refractivity contribution in [3.63, 3.8) is 0 Å². The van der Waals surface area contributed by atoms with Gasteiger partial charge >= 0.3 is 12.0 Å². The van der Waals surface area contributed by atoms with Gasteiger partial charge < -0.3 is 26.0 Å². The largest absolute Gasteiger partial charge is 0.479 e. The molecule has 0 bridgehead atoms. The van der Waals surface area contributed by atoms with E-state index in [-0.39, 0.29) is 24.1 Å². The number of carboxylic acid groups (broad SMARTS) is 1. The molecule has 4 aliphatic rings. The van der Waals surface area contributed by atoms with Gasteiger partial charge in [-0.1, -0.05) is 45.8 Å². The smallest absolute Gasteiger partial charge is 0.330 e. The Labute approximate surface area is 249 Å². The van der Waals surface area contributed by atoms with Crippen LogP contribution in [0.2, 0.25) is 0 Å². The van der Waals surface area contributed by atoms with Crippen molar-refractivity contribution in [1.82, 2.24) is 25.2 Å². The van der Waals surface area contributed by atoms with Gasteiger partial charge in [0.1, 0.15) is 17.6 Å². The third-order valence-electron chi connectivity index (χ3n) is 9.11. The first-order chi connectivity index (χ1) is 19.7. The zero-order valence-corrected chi connectivity index (χ0v) is 25.9. The van der Waals surface area contributed by atoms with Gasteiger partial charge in [0, 0.05) is 31.6 Å². The summed E-state index contributed by atoms with van der Waals surface area (Å²) >= 11 is 0. The van der Waals surface area contributed by atoms with E-state index >= 15 is 0 Å². The first-order valence-electron chi connectivity index (χ1n) is 15.3. The highest BCUT2D eigenvalue weighted by atomic mass is 32.2. The van der Waals surface area contributed by atoms with Gasteiger partial charge in [-0.25, -0.2) is 18.0 Å². The van der Waals surface area contributed by atoms with E-state index in [1.165, 1.54) is 9.21 Å². The molecular weight excluding hydrogens is 562 g/mol. The van der Waals surface area contributed by atoms with Gasteiger partial charge in [0.05, 0.1) is 5.75 Å². The first-order valence-corrected chi connectivity index (χ1v) is 16.9. The summed E-state index contributed by atoms with van der Waals surface area (Å²) in [5.41, 5.74) is -1.80. The van der Waals surface area contributed by atoms with E-state index in [1.54, 1.807) is 0 Å². The normalized spacial score (nSPS) is 32.3. The summed E-state index contributed by atoms with van der Waals surface area (Å²) in [6, 6.07) is -2.74. The Morgan fingerprint density at radius 2 is 1.86 bits per heavy atom. The van der Waals surface area contributed by atoms with Crippen LogP contribution in [-0.4, -0.2) is 95.6 Å². The van der Waals surface area contributed by atoms with Crippen LogP contribution in [0.3, 0.4) is 0 Å². The van der Waals surface area contributed by atoms with Crippen LogP contribution in [0.4, 0.5) is 4.79 Å². The van der Waals surface area contributed by atoms with Gasteiger partial charge in [-0.15, -0.1) is 0 Å². The number of carbonyl (C=O) groups excluding carboxylic acids is 3. The topological polar surface area (TPSA) is 165 Å². The zero-order chi connectivity index (χ0) is 30.7. The lowest BCUT2D eigenvalue weighted by Gasteiger charge is -2.37. The molecule has 0 aromatic heterocycles. The SMILES string of the molecule is CC(C)(C)C(CN1CCCCS1(=O)=O)NC(=O)N[C@H]1CCCCC/C=C\C2C[C@@]2(C(=O)O)NC(=O)[C@@H]2CCCN2C1=O. The molecule has 4 N–H and O–H groups in total. The Morgan fingerprint density at radius 1 is 1.10 bits per heavy atom. The van der Waals surface area contributed by atoms with Gasteiger partial charge in [0.25, 0.3) is 0 Å². The van der Waals surface area contributed by atoms with Crippen LogP contribution in [0.15, 0.2) is 12.2 Å². The van der Waals surface area contributed by atoms with Crippen molar-refractivity contribution < 1.29 is 32.7 Å².